The predicted octanol–water partition coefficient (Wildman–Crippen LogP) is 4.79. The van der Waals surface area contributed by atoms with Crippen molar-refractivity contribution in [2.24, 2.45) is 0 Å². The fraction of sp³-hybridized carbons (Fsp3) is 0.333. The summed E-state index contributed by atoms with van der Waals surface area (Å²) < 4.78 is 10.6. The Bertz CT molecular complexity index is 459. The summed E-state index contributed by atoms with van der Waals surface area (Å²) in [5.74, 6) is 1.92. The van der Waals surface area contributed by atoms with Crippen LogP contribution in [0.1, 0.15) is 25.0 Å². The van der Waals surface area contributed by atoms with Gasteiger partial charge in [-0.05, 0) is 63.1 Å². The van der Waals surface area contributed by atoms with Crippen molar-refractivity contribution in [1.29, 1.82) is 0 Å². The first-order chi connectivity index (χ1) is 9.65. The Morgan fingerprint density at radius 3 is 1.40 bits per heavy atom. The SMILES string of the molecule is CCOc1cccc(C)c1.CCOc1cccc(C)c1. The summed E-state index contributed by atoms with van der Waals surface area (Å²) in [6, 6.07) is 16.1. The Labute approximate surface area is 122 Å². The van der Waals surface area contributed by atoms with Gasteiger partial charge in [-0.3, -0.25) is 0 Å². The highest BCUT2D eigenvalue weighted by Crippen LogP contribution is 2.12. The molecular weight excluding hydrogens is 248 g/mol. The maximum absolute atomic E-state index is 5.29. The fourth-order valence-corrected chi connectivity index (χ4v) is 1.74. The molecule has 0 aromatic heterocycles. The van der Waals surface area contributed by atoms with Crippen molar-refractivity contribution in [3.05, 3.63) is 59.7 Å². The molecule has 0 saturated heterocycles. The van der Waals surface area contributed by atoms with Crippen molar-refractivity contribution < 1.29 is 9.47 Å². The zero-order valence-electron chi connectivity index (χ0n) is 12.8. The molecule has 0 N–H and O–H groups in total. The Kier molecular flexibility index (Phi) is 7.26. The second kappa shape index (κ2) is 9.03. The molecule has 2 rings (SSSR count). The van der Waals surface area contributed by atoms with E-state index in [2.05, 4.69) is 26.0 Å². The van der Waals surface area contributed by atoms with Crippen molar-refractivity contribution in [2.75, 3.05) is 13.2 Å². The Hall–Kier alpha value is -1.96. The van der Waals surface area contributed by atoms with Crippen LogP contribution in [0.3, 0.4) is 0 Å². The summed E-state index contributed by atoms with van der Waals surface area (Å²) in [4.78, 5) is 0. The summed E-state index contributed by atoms with van der Waals surface area (Å²) in [6.07, 6.45) is 0. The molecule has 0 radical (unpaired) electrons. The van der Waals surface area contributed by atoms with Crippen LogP contribution in [0.5, 0.6) is 11.5 Å². The second-order valence-electron chi connectivity index (χ2n) is 4.50. The van der Waals surface area contributed by atoms with Gasteiger partial charge in [0, 0.05) is 0 Å². The molecule has 2 nitrogen and oxygen atoms in total. The quantitative estimate of drug-likeness (QED) is 0.797. The zero-order valence-corrected chi connectivity index (χ0v) is 12.8. The van der Waals surface area contributed by atoms with E-state index in [0.717, 1.165) is 24.7 Å². The van der Waals surface area contributed by atoms with E-state index in [4.69, 9.17) is 9.47 Å². The predicted molar refractivity (Wildman–Crippen MR) is 84.7 cm³/mol. The van der Waals surface area contributed by atoms with Crippen molar-refractivity contribution in [2.45, 2.75) is 27.7 Å². The maximum atomic E-state index is 5.29. The minimum Gasteiger partial charge on any atom is -0.494 e. The van der Waals surface area contributed by atoms with Crippen LogP contribution in [0, 0.1) is 13.8 Å². The van der Waals surface area contributed by atoms with Gasteiger partial charge >= 0.3 is 0 Å². The Morgan fingerprint density at radius 1 is 0.700 bits per heavy atom. The molecular formula is C18H24O2. The molecule has 0 aliphatic heterocycles. The van der Waals surface area contributed by atoms with Gasteiger partial charge in [0.15, 0.2) is 0 Å². The van der Waals surface area contributed by atoms with Crippen LogP contribution in [0.15, 0.2) is 48.5 Å². The fourth-order valence-electron chi connectivity index (χ4n) is 1.74. The molecule has 20 heavy (non-hydrogen) atoms. The Balaban J connectivity index is 0.000000200. The lowest BCUT2D eigenvalue weighted by Gasteiger charge is -2.01. The molecule has 2 aromatic carbocycles. The smallest absolute Gasteiger partial charge is 0.119 e. The van der Waals surface area contributed by atoms with Gasteiger partial charge in [-0.2, -0.15) is 0 Å². The monoisotopic (exact) mass is 272 g/mol. The minimum absolute atomic E-state index is 0.740. The molecule has 0 saturated carbocycles. The van der Waals surface area contributed by atoms with E-state index in [9.17, 15) is 0 Å². The molecule has 0 aliphatic carbocycles. The highest BCUT2D eigenvalue weighted by Gasteiger charge is 1.89. The van der Waals surface area contributed by atoms with Crippen LogP contribution in [0.2, 0.25) is 0 Å². The molecule has 0 aliphatic rings. The van der Waals surface area contributed by atoms with E-state index >= 15 is 0 Å². The molecule has 0 unspecified atom stereocenters. The number of benzene rings is 2. The van der Waals surface area contributed by atoms with Crippen molar-refractivity contribution in [3.8, 4) is 11.5 Å². The molecule has 2 heteroatoms. The molecule has 0 heterocycles. The molecule has 2 aromatic rings. The normalized spacial score (nSPS) is 9.40. The van der Waals surface area contributed by atoms with Gasteiger partial charge in [-0.15, -0.1) is 0 Å². The third-order valence-corrected chi connectivity index (χ3v) is 2.60. The Morgan fingerprint density at radius 2 is 1.10 bits per heavy atom. The van der Waals surface area contributed by atoms with Gasteiger partial charge < -0.3 is 9.47 Å². The molecule has 108 valence electrons. The first-order valence-corrected chi connectivity index (χ1v) is 7.04. The van der Waals surface area contributed by atoms with E-state index in [1.165, 1.54) is 11.1 Å². The van der Waals surface area contributed by atoms with Gasteiger partial charge in [-0.1, -0.05) is 24.3 Å². The summed E-state index contributed by atoms with van der Waals surface area (Å²) in [5.41, 5.74) is 2.48. The topological polar surface area (TPSA) is 18.5 Å². The van der Waals surface area contributed by atoms with E-state index in [1.54, 1.807) is 0 Å². The van der Waals surface area contributed by atoms with Crippen LogP contribution < -0.4 is 9.47 Å². The first-order valence-electron chi connectivity index (χ1n) is 7.04. The lowest BCUT2D eigenvalue weighted by molar-refractivity contribution is 0.340. The third kappa shape index (κ3) is 6.28. The number of rotatable bonds is 4. The molecule has 0 fully saturated rings. The van der Waals surface area contributed by atoms with Gasteiger partial charge in [-0.25, -0.2) is 0 Å². The lowest BCUT2D eigenvalue weighted by atomic mass is 10.2. The highest BCUT2D eigenvalue weighted by molar-refractivity contribution is 5.27. The maximum Gasteiger partial charge on any atom is 0.119 e. The number of hydrogen-bond acceptors (Lipinski definition) is 2. The molecule has 0 amide bonds. The van der Waals surface area contributed by atoms with Gasteiger partial charge in [0.05, 0.1) is 13.2 Å². The number of hydrogen-bond donors (Lipinski definition) is 0. The standard InChI is InChI=1S/2C9H12O/c2*1-3-10-9-6-4-5-8(2)7-9/h2*4-7H,3H2,1-2H3. The summed E-state index contributed by atoms with van der Waals surface area (Å²) in [5, 5.41) is 0. The minimum atomic E-state index is 0.740. The number of ether oxygens (including phenoxy) is 2. The first kappa shape index (κ1) is 16.1. The molecule has 0 spiro atoms. The average Bonchev–Trinajstić information content (AvgIpc) is 2.40. The van der Waals surface area contributed by atoms with E-state index in [1.807, 2.05) is 50.2 Å². The summed E-state index contributed by atoms with van der Waals surface area (Å²) in [7, 11) is 0. The largest absolute Gasteiger partial charge is 0.494 e. The van der Waals surface area contributed by atoms with Crippen molar-refractivity contribution >= 4 is 0 Å². The lowest BCUT2D eigenvalue weighted by Crippen LogP contribution is -1.90. The van der Waals surface area contributed by atoms with Crippen LogP contribution >= 0.6 is 0 Å². The van der Waals surface area contributed by atoms with Crippen LogP contribution in [0.25, 0.3) is 0 Å². The van der Waals surface area contributed by atoms with Crippen LogP contribution in [0.4, 0.5) is 0 Å². The summed E-state index contributed by atoms with van der Waals surface area (Å²) in [6.45, 7) is 9.57. The molecule has 0 bridgehead atoms. The molecule has 0 atom stereocenters. The number of aryl methyl sites for hydroxylation is 2. The zero-order chi connectivity index (χ0) is 14.8. The van der Waals surface area contributed by atoms with E-state index < -0.39 is 0 Å². The van der Waals surface area contributed by atoms with Gasteiger partial charge in [0.2, 0.25) is 0 Å². The van der Waals surface area contributed by atoms with Crippen LogP contribution in [-0.2, 0) is 0 Å². The van der Waals surface area contributed by atoms with E-state index in [-0.39, 0.29) is 0 Å². The highest BCUT2D eigenvalue weighted by atomic mass is 16.5. The third-order valence-electron chi connectivity index (χ3n) is 2.60. The van der Waals surface area contributed by atoms with E-state index in [0.29, 0.717) is 0 Å². The van der Waals surface area contributed by atoms with Gasteiger partial charge in [0.25, 0.3) is 0 Å². The second-order valence-corrected chi connectivity index (χ2v) is 4.50. The average molecular weight is 272 g/mol. The summed E-state index contributed by atoms with van der Waals surface area (Å²) >= 11 is 0. The van der Waals surface area contributed by atoms with Crippen LogP contribution in [-0.4, -0.2) is 13.2 Å². The van der Waals surface area contributed by atoms with Gasteiger partial charge in [0.1, 0.15) is 11.5 Å². The van der Waals surface area contributed by atoms with Crippen molar-refractivity contribution in [3.63, 3.8) is 0 Å². The van der Waals surface area contributed by atoms with Crippen molar-refractivity contribution in [1.82, 2.24) is 0 Å².